The molecule has 1 aromatic rings. The minimum absolute atomic E-state index is 0.0659. The zero-order chi connectivity index (χ0) is 14.4. The molecule has 0 aromatic heterocycles. The van der Waals surface area contributed by atoms with Gasteiger partial charge in [0.15, 0.2) is 0 Å². The molecule has 1 amide bonds. The summed E-state index contributed by atoms with van der Waals surface area (Å²) in [5.74, 6) is 1.17. The van der Waals surface area contributed by atoms with E-state index in [1.807, 2.05) is 31.2 Å². The van der Waals surface area contributed by atoms with Crippen molar-refractivity contribution in [2.45, 2.75) is 26.2 Å². The lowest BCUT2D eigenvalue weighted by atomic mass is 9.96. The minimum Gasteiger partial charge on any atom is -0.492 e. The number of para-hydroxylation sites is 1. The Morgan fingerprint density at radius 3 is 3.10 bits per heavy atom. The summed E-state index contributed by atoms with van der Waals surface area (Å²) in [5, 5.41) is 11.9. The van der Waals surface area contributed by atoms with E-state index in [0.717, 1.165) is 30.6 Å². The Morgan fingerprint density at radius 2 is 2.30 bits per heavy atom. The van der Waals surface area contributed by atoms with Gasteiger partial charge in [0.2, 0.25) is 5.91 Å². The predicted octanol–water partition coefficient (Wildman–Crippen LogP) is 1.76. The van der Waals surface area contributed by atoms with E-state index in [4.69, 9.17) is 9.84 Å². The largest absolute Gasteiger partial charge is 0.492 e. The quantitative estimate of drug-likeness (QED) is 0.779. The smallest absolute Gasteiger partial charge is 0.226 e. The number of hydrogen-bond donors (Lipinski definition) is 2. The number of aliphatic hydroxyl groups excluding tert-OH is 1. The molecule has 0 bridgehead atoms. The highest BCUT2D eigenvalue weighted by atomic mass is 16.5. The van der Waals surface area contributed by atoms with Crippen molar-refractivity contribution in [1.29, 1.82) is 0 Å². The topological polar surface area (TPSA) is 58.6 Å². The van der Waals surface area contributed by atoms with Crippen LogP contribution in [0.5, 0.6) is 5.75 Å². The molecule has 0 aliphatic carbocycles. The molecule has 0 saturated carbocycles. The van der Waals surface area contributed by atoms with Crippen molar-refractivity contribution < 1.29 is 14.6 Å². The molecular formula is C16H23NO3. The Kier molecular flexibility index (Phi) is 5.41. The molecule has 2 N–H and O–H groups in total. The molecule has 1 aliphatic heterocycles. The number of hydrogen-bond acceptors (Lipinski definition) is 3. The SMILES string of the molecule is CC(CO)CCCNC(=O)C1COc2ccccc2C1. The molecule has 0 saturated heterocycles. The van der Waals surface area contributed by atoms with Crippen LogP contribution in [0, 0.1) is 11.8 Å². The Bertz CT molecular complexity index is 447. The van der Waals surface area contributed by atoms with E-state index >= 15 is 0 Å². The minimum atomic E-state index is -0.0971. The van der Waals surface area contributed by atoms with Crippen molar-refractivity contribution in [2.75, 3.05) is 19.8 Å². The standard InChI is InChI=1S/C16H23NO3/c1-12(10-18)5-4-8-17-16(19)14-9-13-6-2-3-7-15(13)20-11-14/h2-3,6-7,12,14,18H,4-5,8-11H2,1H3,(H,17,19). The molecule has 20 heavy (non-hydrogen) atoms. The normalized spacial score (nSPS) is 18.8. The number of carbonyl (C=O) groups is 1. The first-order chi connectivity index (χ1) is 9.70. The van der Waals surface area contributed by atoms with E-state index in [-0.39, 0.29) is 18.4 Å². The van der Waals surface area contributed by atoms with Gasteiger partial charge >= 0.3 is 0 Å². The number of carbonyl (C=O) groups excluding carboxylic acids is 1. The molecule has 110 valence electrons. The lowest BCUT2D eigenvalue weighted by Gasteiger charge is -2.24. The second-order valence-electron chi connectivity index (χ2n) is 5.54. The molecule has 4 heteroatoms. The average Bonchev–Trinajstić information content (AvgIpc) is 2.50. The van der Waals surface area contributed by atoms with Crippen molar-refractivity contribution in [3.8, 4) is 5.75 Å². The Hall–Kier alpha value is -1.55. The lowest BCUT2D eigenvalue weighted by molar-refractivity contribution is -0.126. The molecule has 2 atom stereocenters. The number of benzene rings is 1. The molecule has 0 radical (unpaired) electrons. The highest BCUT2D eigenvalue weighted by Crippen LogP contribution is 2.26. The van der Waals surface area contributed by atoms with E-state index in [0.29, 0.717) is 19.1 Å². The van der Waals surface area contributed by atoms with Crippen molar-refractivity contribution in [3.05, 3.63) is 29.8 Å². The summed E-state index contributed by atoms with van der Waals surface area (Å²) in [5.41, 5.74) is 1.10. The Morgan fingerprint density at radius 1 is 1.50 bits per heavy atom. The van der Waals surface area contributed by atoms with Gasteiger partial charge in [-0.2, -0.15) is 0 Å². The van der Waals surface area contributed by atoms with E-state index in [1.54, 1.807) is 0 Å². The summed E-state index contributed by atoms with van der Waals surface area (Å²) in [4.78, 5) is 12.1. The summed E-state index contributed by atoms with van der Waals surface area (Å²) < 4.78 is 5.63. The molecule has 2 rings (SSSR count). The number of rotatable bonds is 6. The maximum Gasteiger partial charge on any atom is 0.226 e. The van der Waals surface area contributed by atoms with Gasteiger partial charge < -0.3 is 15.2 Å². The van der Waals surface area contributed by atoms with Crippen molar-refractivity contribution in [3.63, 3.8) is 0 Å². The number of fused-ring (bicyclic) bond motifs is 1. The van der Waals surface area contributed by atoms with E-state index < -0.39 is 0 Å². The molecule has 1 aliphatic rings. The fraction of sp³-hybridized carbons (Fsp3) is 0.562. The van der Waals surface area contributed by atoms with Crippen LogP contribution in [0.15, 0.2) is 24.3 Å². The third-order valence-corrected chi connectivity index (χ3v) is 3.73. The first-order valence-corrected chi connectivity index (χ1v) is 7.30. The van der Waals surface area contributed by atoms with Crippen LogP contribution in [0.25, 0.3) is 0 Å². The maximum atomic E-state index is 12.1. The molecular weight excluding hydrogens is 254 g/mol. The predicted molar refractivity (Wildman–Crippen MR) is 77.6 cm³/mol. The first-order valence-electron chi connectivity index (χ1n) is 7.30. The fourth-order valence-electron chi connectivity index (χ4n) is 2.39. The lowest BCUT2D eigenvalue weighted by Crippen LogP contribution is -2.37. The summed E-state index contributed by atoms with van der Waals surface area (Å²) in [6, 6.07) is 7.87. The average molecular weight is 277 g/mol. The van der Waals surface area contributed by atoms with Crippen LogP contribution in [0.3, 0.4) is 0 Å². The van der Waals surface area contributed by atoms with Gasteiger partial charge in [-0.05, 0) is 36.8 Å². The van der Waals surface area contributed by atoms with Crippen molar-refractivity contribution >= 4 is 5.91 Å². The third-order valence-electron chi connectivity index (χ3n) is 3.73. The Labute approximate surface area is 120 Å². The summed E-state index contributed by atoms with van der Waals surface area (Å²) in [7, 11) is 0. The van der Waals surface area contributed by atoms with Crippen LogP contribution in [0.2, 0.25) is 0 Å². The number of amides is 1. The third kappa shape index (κ3) is 3.97. The summed E-state index contributed by atoms with van der Waals surface area (Å²) >= 11 is 0. The van der Waals surface area contributed by atoms with Crippen LogP contribution >= 0.6 is 0 Å². The van der Waals surface area contributed by atoms with Gasteiger partial charge in [0, 0.05) is 13.2 Å². The molecule has 4 nitrogen and oxygen atoms in total. The maximum absolute atomic E-state index is 12.1. The van der Waals surface area contributed by atoms with Crippen LogP contribution in [0.4, 0.5) is 0 Å². The zero-order valence-corrected chi connectivity index (χ0v) is 12.0. The van der Waals surface area contributed by atoms with Crippen LogP contribution in [-0.2, 0) is 11.2 Å². The van der Waals surface area contributed by atoms with Crippen molar-refractivity contribution in [1.82, 2.24) is 5.32 Å². The monoisotopic (exact) mass is 277 g/mol. The van der Waals surface area contributed by atoms with Gasteiger partial charge in [0.1, 0.15) is 12.4 Å². The van der Waals surface area contributed by atoms with Crippen LogP contribution < -0.4 is 10.1 Å². The zero-order valence-electron chi connectivity index (χ0n) is 12.0. The van der Waals surface area contributed by atoms with Crippen LogP contribution in [0.1, 0.15) is 25.3 Å². The van der Waals surface area contributed by atoms with E-state index in [9.17, 15) is 4.79 Å². The Balaban J connectivity index is 1.74. The molecule has 0 fully saturated rings. The second kappa shape index (κ2) is 7.29. The molecule has 2 unspecified atom stereocenters. The molecule has 0 spiro atoms. The summed E-state index contributed by atoms with van der Waals surface area (Å²) in [6.07, 6.45) is 2.58. The van der Waals surface area contributed by atoms with Gasteiger partial charge in [-0.3, -0.25) is 4.79 Å². The van der Waals surface area contributed by atoms with E-state index in [2.05, 4.69) is 5.32 Å². The number of nitrogens with one attached hydrogen (secondary N) is 1. The number of ether oxygens (including phenoxy) is 1. The highest BCUT2D eigenvalue weighted by Gasteiger charge is 2.25. The molecule has 1 aromatic carbocycles. The second-order valence-corrected chi connectivity index (χ2v) is 5.54. The molecule has 1 heterocycles. The van der Waals surface area contributed by atoms with Gasteiger partial charge in [0.25, 0.3) is 0 Å². The van der Waals surface area contributed by atoms with Gasteiger partial charge in [0.05, 0.1) is 5.92 Å². The first kappa shape index (κ1) is 14.9. The van der Waals surface area contributed by atoms with Gasteiger partial charge in [-0.1, -0.05) is 25.1 Å². The van der Waals surface area contributed by atoms with E-state index in [1.165, 1.54) is 0 Å². The van der Waals surface area contributed by atoms with Crippen molar-refractivity contribution in [2.24, 2.45) is 11.8 Å². The summed E-state index contributed by atoms with van der Waals surface area (Å²) in [6.45, 7) is 3.34. The van der Waals surface area contributed by atoms with Crippen LogP contribution in [-0.4, -0.2) is 30.8 Å². The van der Waals surface area contributed by atoms with Gasteiger partial charge in [-0.25, -0.2) is 0 Å². The number of aliphatic hydroxyl groups is 1. The highest BCUT2D eigenvalue weighted by molar-refractivity contribution is 5.79. The van der Waals surface area contributed by atoms with Gasteiger partial charge in [-0.15, -0.1) is 0 Å². The fourth-order valence-corrected chi connectivity index (χ4v) is 2.39.